The highest BCUT2D eigenvalue weighted by Gasteiger charge is 2.05. The van der Waals surface area contributed by atoms with Crippen molar-refractivity contribution in [2.24, 2.45) is 5.92 Å². The van der Waals surface area contributed by atoms with E-state index in [4.69, 9.17) is 0 Å². The number of rotatable bonds is 5. The van der Waals surface area contributed by atoms with E-state index in [2.05, 4.69) is 38.4 Å². The van der Waals surface area contributed by atoms with Crippen LogP contribution in [-0.2, 0) is 0 Å². The van der Waals surface area contributed by atoms with Gasteiger partial charge in [-0.3, -0.25) is 0 Å². The summed E-state index contributed by atoms with van der Waals surface area (Å²) in [5.41, 5.74) is 0. The summed E-state index contributed by atoms with van der Waals surface area (Å²) in [4.78, 5) is 2.34. The Morgan fingerprint density at radius 1 is 1.40 bits per heavy atom. The zero-order chi connectivity index (χ0) is 7.98. The second-order valence-corrected chi connectivity index (χ2v) is 3.18. The smallest absolute Gasteiger partial charge is 0.00142 e. The van der Waals surface area contributed by atoms with Crippen LogP contribution in [0.2, 0.25) is 0 Å². The summed E-state index contributed by atoms with van der Waals surface area (Å²) in [6, 6.07) is 0. The van der Waals surface area contributed by atoms with Crippen LogP contribution in [0.5, 0.6) is 0 Å². The van der Waals surface area contributed by atoms with Gasteiger partial charge in [-0.2, -0.15) is 12.6 Å². The molecule has 0 saturated heterocycles. The largest absolute Gasteiger partial charge is 0.306 e. The molecule has 62 valence electrons. The van der Waals surface area contributed by atoms with Gasteiger partial charge in [0.1, 0.15) is 0 Å². The first-order valence-corrected chi connectivity index (χ1v) is 4.67. The molecule has 0 bridgehead atoms. The van der Waals surface area contributed by atoms with Crippen molar-refractivity contribution in [3.05, 3.63) is 0 Å². The first-order chi connectivity index (χ1) is 4.74. The fourth-order valence-electron chi connectivity index (χ4n) is 0.886. The minimum absolute atomic E-state index is 0.772. The molecule has 0 spiro atoms. The lowest BCUT2D eigenvalue weighted by Crippen LogP contribution is -2.25. The Kier molecular flexibility index (Phi) is 6.24. The Labute approximate surface area is 70.2 Å². The second kappa shape index (κ2) is 6.05. The van der Waals surface area contributed by atoms with Crippen LogP contribution in [-0.4, -0.2) is 30.8 Å². The summed E-state index contributed by atoms with van der Waals surface area (Å²) in [5, 5.41) is 0. The molecule has 0 heterocycles. The SMILES string of the molecule is CCC(CS)CN(C)CC. The Morgan fingerprint density at radius 2 is 2.00 bits per heavy atom. The van der Waals surface area contributed by atoms with Crippen LogP contribution in [0.1, 0.15) is 20.3 Å². The third-order valence-corrected chi connectivity index (χ3v) is 2.46. The lowest BCUT2D eigenvalue weighted by atomic mass is 10.1. The highest BCUT2D eigenvalue weighted by atomic mass is 32.1. The van der Waals surface area contributed by atoms with E-state index in [0.717, 1.165) is 18.2 Å². The molecule has 0 amide bonds. The van der Waals surface area contributed by atoms with Crippen molar-refractivity contribution in [3.8, 4) is 0 Å². The van der Waals surface area contributed by atoms with Gasteiger partial charge in [-0.05, 0) is 25.3 Å². The predicted octanol–water partition coefficient (Wildman–Crippen LogP) is 1.89. The number of hydrogen-bond donors (Lipinski definition) is 1. The first-order valence-electron chi connectivity index (χ1n) is 4.03. The quantitative estimate of drug-likeness (QED) is 0.603. The topological polar surface area (TPSA) is 3.24 Å². The van der Waals surface area contributed by atoms with E-state index in [1.165, 1.54) is 13.0 Å². The van der Waals surface area contributed by atoms with Crippen LogP contribution in [0.15, 0.2) is 0 Å². The van der Waals surface area contributed by atoms with Gasteiger partial charge in [-0.1, -0.05) is 20.3 Å². The van der Waals surface area contributed by atoms with Crippen molar-refractivity contribution in [1.29, 1.82) is 0 Å². The molecule has 0 rings (SSSR count). The van der Waals surface area contributed by atoms with Gasteiger partial charge in [0.2, 0.25) is 0 Å². The standard InChI is InChI=1S/C8H19NS/c1-4-8(7-10)6-9(3)5-2/h8,10H,4-7H2,1-3H3. The average Bonchev–Trinajstić information content (AvgIpc) is 1.99. The second-order valence-electron chi connectivity index (χ2n) is 2.81. The van der Waals surface area contributed by atoms with Gasteiger partial charge in [0.25, 0.3) is 0 Å². The molecule has 0 saturated carbocycles. The van der Waals surface area contributed by atoms with E-state index in [1.807, 2.05) is 0 Å². The molecule has 1 unspecified atom stereocenters. The van der Waals surface area contributed by atoms with E-state index >= 15 is 0 Å². The Hall–Kier alpha value is 0.310. The molecule has 0 N–H and O–H groups in total. The summed E-state index contributed by atoms with van der Waals surface area (Å²) < 4.78 is 0. The molecule has 0 aromatic rings. The molecule has 0 aromatic carbocycles. The fourth-order valence-corrected chi connectivity index (χ4v) is 1.26. The number of hydrogen-bond acceptors (Lipinski definition) is 2. The summed E-state index contributed by atoms with van der Waals surface area (Å²) >= 11 is 4.28. The molecular weight excluding hydrogens is 142 g/mol. The van der Waals surface area contributed by atoms with Gasteiger partial charge < -0.3 is 4.90 Å². The fraction of sp³-hybridized carbons (Fsp3) is 1.00. The number of nitrogens with zero attached hydrogens (tertiary/aromatic N) is 1. The van der Waals surface area contributed by atoms with E-state index in [-0.39, 0.29) is 0 Å². The molecule has 0 aliphatic heterocycles. The third kappa shape index (κ3) is 4.18. The zero-order valence-corrected chi connectivity index (χ0v) is 8.19. The van der Waals surface area contributed by atoms with Crippen molar-refractivity contribution in [2.75, 3.05) is 25.9 Å². The van der Waals surface area contributed by atoms with Gasteiger partial charge in [0, 0.05) is 6.54 Å². The minimum Gasteiger partial charge on any atom is -0.306 e. The lowest BCUT2D eigenvalue weighted by molar-refractivity contribution is 0.298. The average molecular weight is 161 g/mol. The summed E-state index contributed by atoms with van der Waals surface area (Å²) in [7, 11) is 2.16. The summed E-state index contributed by atoms with van der Waals surface area (Å²) in [6.07, 6.45) is 1.24. The third-order valence-electron chi connectivity index (χ3n) is 1.95. The summed E-state index contributed by atoms with van der Waals surface area (Å²) in [5.74, 6) is 1.79. The van der Waals surface area contributed by atoms with E-state index < -0.39 is 0 Å². The molecule has 10 heavy (non-hydrogen) atoms. The van der Waals surface area contributed by atoms with Crippen LogP contribution in [0, 0.1) is 5.92 Å². The van der Waals surface area contributed by atoms with Crippen molar-refractivity contribution < 1.29 is 0 Å². The van der Waals surface area contributed by atoms with Gasteiger partial charge >= 0.3 is 0 Å². The molecule has 0 aliphatic rings. The maximum atomic E-state index is 4.28. The molecule has 1 atom stereocenters. The Balaban J connectivity index is 3.41. The molecule has 0 radical (unpaired) electrons. The van der Waals surface area contributed by atoms with Crippen molar-refractivity contribution in [3.63, 3.8) is 0 Å². The predicted molar refractivity (Wildman–Crippen MR) is 50.8 cm³/mol. The normalized spacial score (nSPS) is 14.1. The molecule has 0 aliphatic carbocycles. The van der Waals surface area contributed by atoms with E-state index in [0.29, 0.717) is 0 Å². The van der Waals surface area contributed by atoms with Gasteiger partial charge in [-0.15, -0.1) is 0 Å². The van der Waals surface area contributed by atoms with Gasteiger partial charge in [0.15, 0.2) is 0 Å². The maximum absolute atomic E-state index is 4.28. The van der Waals surface area contributed by atoms with Gasteiger partial charge in [0.05, 0.1) is 0 Å². The first kappa shape index (κ1) is 10.3. The molecule has 0 aromatic heterocycles. The van der Waals surface area contributed by atoms with Gasteiger partial charge in [-0.25, -0.2) is 0 Å². The van der Waals surface area contributed by atoms with Crippen LogP contribution in [0.3, 0.4) is 0 Å². The minimum atomic E-state index is 0.772. The van der Waals surface area contributed by atoms with Crippen LogP contribution in [0.25, 0.3) is 0 Å². The lowest BCUT2D eigenvalue weighted by Gasteiger charge is -2.19. The molecular formula is C8H19NS. The molecule has 0 fully saturated rings. The molecule has 1 nitrogen and oxygen atoms in total. The van der Waals surface area contributed by atoms with Crippen LogP contribution in [0.4, 0.5) is 0 Å². The van der Waals surface area contributed by atoms with Crippen LogP contribution >= 0.6 is 12.6 Å². The van der Waals surface area contributed by atoms with Crippen molar-refractivity contribution in [2.45, 2.75) is 20.3 Å². The summed E-state index contributed by atoms with van der Waals surface area (Å²) in [6.45, 7) is 6.75. The van der Waals surface area contributed by atoms with Crippen LogP contribution < -0.4 is 0 Å². The number of thiol groups is 1. The maximum Gasteiger partial charge on any atom is 0.00142 e. The highest BCUT2D eigenvalue weighted by Crippen LogP contribution is 2.05. The van der Waals surface area contributed by atoms with E-state index in [9.17, 15) is 0 Å². The Bertz CT molecular complexity index is 71.7. The van der Waals surface area contributed by atoms with Crippen molar-refractivity contribution in [1.82, 2.24) is 4.90 Å². The highest BCUT2D eigenvalue weighted by molar-refractivity contribution is 7.80. The Morgan fingerprint density at radius 3 is 2.30 bits per heavy atom. The zero-order valence-electron chi connectivity index (χ0n) is 7.30. The van der Waals surface area contributed by atoms with Crippen molar-refractivity contribution >= 4 is 12.6 Å². The molecule has 2 heteroatoms. The van der Waals surface area contributed by atoms with E-state index in [1.54, 1.807) is 0 Å². The monoisotopic (exact) mass is 161 g/mol.